The molecular formula is C11H22N2. The SMILES string of the molecule is CN1CCCC(NCC2CCC2)C1. The summed E-state index contributed by atoms with van der Waals surface area (Å²) >= 11 is 0. The molecule has 1 saturated carbocycles. The first-order valence-electron chi connectivity index (χ1n) is 5.76. The van der Waals surface area contributed by atoms with Gasteiger partial charge < -0.3 is 10.2 Å². The van der Waals surface area contributed by atoms with Gasteiger partial charge in [0, 0.05) is 12.6 Å². The Hall–Kier alpha value is -0.0800. The second kappa shape index (κ2) is 4.43. The van der Waals surface area contributed by atoms with Crippen molar-refractivity contribution in [3.8, 4) is 0 Å². The van der Waals surface area contributed by atoms with Gasteiger partial charge in [0.25, 0.3) is 0 Å². The van der Waals surface area contributed by atoms with Crippen LogP contribution < -0.4 is 5.32 Å². The first-order valence-corrected chi connectivity index (χ1v) is 5.76. The second-order valence-electron chi connectivity index (χ2n) is 4.81. The van der Waals surface area contributed by atoms with Gasteiger partial charge in [-0.15, -0.1) is 0 Å². The first kappa shape index (κ1) is 9.47. The van der Waals surface area contributed by atoms with Gasteiger partial charge in [-0.1, -0.05) is 6.42 Å². The molecule has 1 N–H and O–H groups in total. The van der Waals surface area contributed by atoms with Gasteiger partial charge in [-0.25, -0.2) is 0 Å². The van der Waals surface area contributed by atoms with Crippen molar-refractivity contribution >= 4 is 0 Å². The number of rotatable bonds is 3. The van der Waals surface area contributed by atoms with Gasteiger partial charge in [-0.3, -0.25) is 0 Å². The van der Waals surface area contributed by atoms with E-state index in [0.717, 1.165) is 12.0 Å². The van der Waals surface area contributed by atoms with E-state index in [-0.39, 0.29) is 0 Å². The van der Waals surface area contributed by atoms with Gasteiger partial charge in [0.2, 0.25) is 0 Å². The highest BCUT2D eigenvalue weighted by Crippen LogP contribution is 2.25. The molecule has 1 saturated heterocycles. The maximum absolute atomic E-state index is 3.71. The van der Waals surface area contributed by atoms with Crippen molar-refractivity contribution in [2.24, 2.45) is 5.92 Å². The van der Waals surface area contributed by atoms with Gasteiger partial charge in [0.1, 0.15) is 0 Å². The molecule has 0 radical (unpaired) electrons. The van der Waals surface area contributed by atoms with Crippen molar-refractivity contribution in [3.05, 3.63) is 0 Å². The van der Waals surface area contributed by atoms with Gasteiger partial charge >= 0.3 is 0 Å². The van der Waals surface area contributed by atoms with Crippen LogP contribution in [-0.4, -0.2) is 37.6 Å². The van der Waals surface area contributed by atoms with E-state index < -0.39 is 0 Å². The van der Waals surface area contributed by atoms with Crippen LogP contribution in [0.15, 0.2) is 0 Å². The number of nitrogens with one attached hydrogen (secondary N) is 1. The lowest BCUT2D eigenvalue weighted by Gasteiger charge is -2.33. The van der Waals surface area contributed by atoms with Crippen LogP contribution in [0.3, 0.4) is 0 Å². The molecule has 2 fully saturated rings. The zero-order valence-corrected chi connectivity index (χ0v) is 8.76. The molecule has 2 rings (SSSR count). The number of likely N-dealkylation sites (tertiary alicyclic amines) is 1. The van der Waals surface area contributed by atoms with Gasteiger partial charge in [-0.05, 0) is 51.7 Å². The summed E-state index contributed by atoms with van der Waals surface area (Å²) in [5.74, 6) is 1.01. The minimum Gasteiger partial charge on any atom is -0.312 e. The van der Waals surface area contributed by atoms with Crippen molar-refractivity contribution in [2.75, 3.05) is 26.7 Å². The maximum atomic E-state index is 3.71. The maximum Gasteiger partial charge on any atom is 0.0195 e. The molecule has 1 atom stereocenters. The van der Waals surface area contributed by atoms with Crippen molar-refractivity contribution in [2.45, 2.75) is 38.1 Å². The van der Waals surface area contributed by atoms with Crippen molar-refractivity contribution in [1.82, 2.24) is 10.2 Å². The van der Waals surface area contributed by atoms with Gasteiger partial charge in [-0.2, -0.15) is 0 Å². The zero-order chi connectivity index (χ0) is 9.10. The highest BCUT2D eigenvalue weighted by atomic mass is 15.1. The Morgan fingerprint density at radius 2 is 2.08 bits per heavy atom. The van der Waals surface area contributed by atoms with E-state index in [4.69, 9.17) is 0 Å². The molecule has 1 aliphatic carbocycles. The molecule has 0 aromatic heterocycles. The molecule has 76 valence electrons. The fraction of sp³-hybridized carbons (Fsp3) is 1.00. The number of nitrogens with zero attached hydrogens (tertiary/aromatic N) is 1. The largest absolute Gasteiger partial charge is 0.312 e. The molecule has 0 aromatic carbocycles. The average Bonchev–Trinajstić information content (AvgIpc) is 2.01. The molecule has 2 aliphatic rings. The summed E-state index contributed by atoms with van der Waals surface area (Å²) < 4.78 is 0. The van der Waals surface area contributed by atoms with Crippen LogP contribution >= 0.6 is 0 Å². The molecule has 13 heavy (non-hydrogen) atoms. The van der Waals surface area contributed by atoms with Crippen LogP contribution in [0.4, 0.5) is 0 Å². The molecule has 1 aliphatic heterocycles. The number of likely N-dealkylation sites (N-methyl/N-ethyl adjacent to an activating group) is 1. The van der Waals surface area contributed by atoms with Crippen molar-refractivity contribution < 1.29 is 0 Å². The van der Waals surface area contributed by atoms with Crippen LogP contribution in [0.5, 0.6) is 0 Å². The molecule has 1 unspecified atom stereocenters. The first-order chi connectivity index (χ1) is 6.34. The Morgan fingerprint density at radius 3 is 2.69 bits per heavy atom. The van der Waals surface area contributed by atoms with E-state index in [2.05, 4.69) is 17.3 Å². The predicted octanol–water partition coefficient (Wildman–Crippen LogP) is 1.47. The smallest absolute Gasteiger partial charge is 0.0195 e. The van der Waals surface area contributed by atoms with E-state index >= 15 is 0 Å². The zero-order valence-electron chi connectivity index (χ0n) is 8.76. The molecule has 0 spiro atoms. The van der Waals surface area contributed by atoms with Crippen molar-refractivity contribution in [3.63, 3.8) is 0 Å². The molecule has 0 bridgehead atoms. The van der Waals surface area contributed by atoms with E-state index in [1.807, 2.05) is 0 Å². The number of hydrogen-bond acceptors (Lipinski definition) is 2. The lowest BCUT2D eigenvalue weighted by atomic mass is 9.85. The quantitative estimate of drug-likeness (QED) is 0.711. The molecular weight excluding hydrogens is 160 g/mol. The van der Waals surface area contributed by atoms with Crippen LogP contribution in [0.1, 0.15) is 32.1 Å². The van der Waals surface area contributed by atoms with Crippen LogP contribution in [0.25, 0.3) is 0 Å². The summed E-state index contributed by atoms with van der Waals surface area (Å²) in [4.78, 5) is 2.45. The summed E-state index contributed by atoms with van der Waals surface area (Å²) in [5, 5.41) is 3.71. The third kappa shape index (κ3) is 2.68. The number of hydrogen-bond donors (Lipinski definition) is 1. The minimum atomic E-state index is 0.777. The summed E-state index contributed by atoms with van der Waals surface area (Å²) in [5.41, 5.74) is 0. The van der Waals surface area contributed by atoms with Crippen LogP contribution in [-0.2, 0) is 0 Å². The predicted molar refractivity (Wildman–Crippen MR) is 55.9 cm³/mol. The topological polar surface area (TPSA) is 15.3 Å². The van der Waals surface area contributed by atoms with Crippen molar-refractivity contribution in [1.29, 1.82) is 0 Å². The van der Waals surface area contributed by atoms with Crippen LogP contribution in [0, 0.1) is 5.92 Å². The summed E-state index contributed by atoms with van der Waals surface area (Å²) in [6.07, 6.45) is 7.16. The monoisotopic (exact) mass is 182 g/mol. The lowest BCUT2D eigenvalue weighted by molar-refractivity contribution is 0.208. The third-order valence-electron chi connectivity index (χ3n) is 3.54. The highest BCUT2D eigenvalue weighted by Gasteiger charge is 2.21. The molecule has 2 nitrogen and oxygen atoms in total. The fourth-order valence-electron chi connectivity index (χ4n) is 2.36. The van der Waals surface area contributed by atoms with E-state index in [0.29, 0.717) is 0 Å². The Kier molecular flexibility index (Phi) is 3.23. The normalized spacial score (nSPS) is 31.6. The average molecular weight is 182 g/mol. The van der Waals surface area contributed by atoms with E-state index in [1.54, 1.807) is 0 Å². The van der Waals surface area contributed by atoms with Gasteiger partial charge in [0.05, 0.1) is 0 Å². The Labute approximate surface area is 81.7 Å². The van der Waals surface area contributed by atoms with Gasteiger partial charge in [0.15, 0.2) is 0 Å². The fourth-order valence-corrected chi connectivity index (χ4v) is 2.36. The Morgan fingerprint density at radius 1 is 1.23 bits per heavy atom. The highest BCUT2D eigenvalue weighted by molar-refractivity contribution is 4.79. The molecule has 2 heteroatoms. The van der Waals surface area contributed by atoms with Crippen LogP contribution in [0.2, 0.25) is 0 Å². The summed E-state index contributed by atoms with van der Waals surface area (Å²) in [6.45, 7) is 3.83. The minimum absolute atomic E-state index is 0.777. The second-order valence-corrected chi connectivity index (χ2v) is 4.81. The standard InChI is InChI=1S/C11H22N2/c1-13-7-3-6-11(9-13)12-8-10-4-2-5-10/h10-12H,2-9H2,1H3. The van der Waals surface area contributed by atoms with E-state index in [1.165, 1.54) is 51.7 Å². The molecule has 1 heterocycles. The summed E-state index contributed by atoms with van der Waals surface area (Å²) in [6, 6.07) is 0.777. The number of piperidine rings is 1. The van der Waals surface area contributed by atoms with E-state index in [9.17, 15) is 0 Å². The molecule has 0 aromatic rings. The Balaban J connectivity index is 1.62. The third-order valence-corrected chi connectivity index (χ3v) is 3.54. The summed E-state index contributed by atoms with van der Waals surface area (Å²) in [7, 11) is 2.23. The Bertz CT molecular complexity index is 154. The molecule has 0 amide bonds. The lowest BCUT2D eigenvalue weighted by Crippen LogP contribution is -2.45.